The molecule has 2 heterocycles. The molecule has 2 rings (SSSR count). The van der Waals surface area contributed by atoms with Crippen LogP contribution in [0.2, 0.25) is 0 Å². The van der Waals surface area contributed by atoms with Crippen LogP contribution in [0.25, 0.3) is 0 Å². The van der Waals surface area contributed by atoms with Gasteiger partial charge in [-0.25, -0.2) is 4.98 Å². The second-order valence-corrected chi connectivity index (χ2v) is 4.88. The molecular formula is C13H20N4O2. The Balaban J connectivity index is 2.07. The first-order valence-corrected chi connectivity index (χ1v) is 6.41. The molecule has 0 saturated carbocycles. The first kappa shape index (κ1) is 13.6. The fourth-order valence-corrected chi connectivity index (χ4v) is 2.41. The normalized spacial score (nSPS) is 16.6. The van der Waals surface area contributed by atoms with Crippen LogP contribution >= 0.6 is 0 Å². The summed E-state index contributed by atoms with van der Waals surface area (Å²) in [5.41, 5.74) is 11.6. The number of nitrogens with zero attached hydrogens (tertiary/aromatic N) is 2. The molecule has 0 radical (unpaired) electrons. The van der Waals surface area contributed by atoms with Crippen molar-refractivity contribution in [1.82, 2.24) is 4.98 Å². The maximum absolute atomic E-state index is 11.3. The summed E-state index contributed by atoms with van der Waals surface area (Å²) in [6, 6.07) is 1.67. The highest BCUT2D eigenvalue weighted by molar-refractivity contribution is 5.98. The van der Waals surface area contributed by atoms with E-state index in [1.54, 1.807) is 13.2 Å². The van der Waals surface area contributed by atoms with Crippen molar-refractivity contribution in [2.45, 2.75) is 12.8 Å². The number of hydrogen-bond donors (Lipinski definition) is 2. The molecule has 0 bridgehead atoms. The maximum Gasteiger partial charge on any atom is 0.250 e. The van der Waals surface area contributed by atoms with Crippen molar-refractivity contribution < 1.29 is 9.53 Å². The molecule has 1 aromatic rings. The molecule has 0 aromatic carbocycles. The van der Waals surface area contributed by atoms with Crippen LogP contribution in [0.5, 0.6) is 0 Å². The Bertz CT molecular complexity index is 456. The lowest BCUT2D eigenvalue weighted by atomic mass is 9.98. The van der Waals surface area contributed by atoms with Crippen molar-refractivity contribution in [3.63, 3.8) is 0 Å². The molecule has 6 nitrogen and oxygen atoms in total. The minimum absolute atomic E-state index is 0.325. The molecule has 1 amide bonds. The van der Waals surface area contributed by atoms with E-state index in [0.29, 0.717) is 17.2 Å². The molecule has 1 aliphatic rings. The molecule has 19 heavy (non-hydrogen) atoms. The van der Waals surface area contributed by atoms with Crippen LogP contribution in [0.1, 0.15) is 23.2 Å². The summed E-state index contributed by atoms with van der Waals surface area (Å²) in [5.74, 6) is 0.847. The number of pyridine rings is 1. The smallest absolute Gasteiger partial charge is 0.250 e. The number of rotatable bonds is 4. The third-order valence-electron chi connectivity index (χ3n) is 3.53. The molecular weight excluding hydrogens is 244 g/mol. The van der Waals surface area contributed by atoms with E-state index >= 15 is 0 Å². The lowest BCUT2D eigenvalue weighted by Gasteiger charge is -2.32. The third kappa shape index (κ3) is 3.14. The van der Waals surface area contributed by atoms with Gasteiger partial charge < -0.3 is 21.1 Å². The van der Waals surface area contributed by atoms with Gasteiger partial charge in [-0.2, -0.15) is 0 Å². The van der Waals surface area contributed by atoms with Crippen molar-refractivity contribution in [2.75, 3.05) is 37.4 Å². The number of methoxy groups -OCH3 is 1. The zero-order valence-corrected chi connectivity index (χ0v) is 11.1. The van der Waals surface area contributed by atoms with E-state index in [0.717, 1.165) is 38.4 Å². The molecule has 1 fully saturated rings. The number of nitrogens with two attached hydrogens (primary N) is 2. The van der Waals surface area contributed by atoms with Gasteiger partial charge in [0.1, 0.15) is 5.82 Å². The van der Waals surface area contributed by atoms with Gasteiger partial charge in [-0.05, 0) is 24.8 Å². The number of anilines is 2. The van der Waals surface area contributed by atoms with Gasteiger partial charge in [-0.15, -0.1) is 0 Å². The van der Waals surface area contributed by atoms with Crippen molar-refractivity contribution >= 4 is 17.4 Å². The van der Waals surface area contributed by atoms with Gasteiger partial charge in [-0.1, -0.05) is 0 Å². The molecule has 6 heteroatoms. The van der Waals surface area contributed by atoms with Gasteiger partial charge in [0.25, 0.3) is 5.91 Å². The fraction of sp³-hybridized carbons (Fsp3) is 0.538. The predicted molar refractivity (Wildman–Crippen MR) is 74.0 cm³/mol. The Morgan fingerprint density at radius 2 is 2.21 bits per heavy atom. The highest BCUT2D eigenvalue weighted by atomic mass is 16.5. The van der Waals surface area contributed by atoms with Gasteiger partial charge in [0.15, 0.2) is 0 Å². The Labute approximate surface area is 112 Å². The molecule has 1 aromatic heterocycles. The highest BCUT2D eigenvalue weighted by Crippen LogP contribution is 2.24. The van der Waals surface area contributed by atoms with Crippen molar-refractivity contribution in [2.24, 2.45) is 11.7 Å². The summed E-state index contributed by atoms with van der Waals surface area (Å²) in [6.45, 7) is 2.61. The summed E-state index contributed by atoms with van der Waals surface area (Å²) >= 11 is 0. The minimum atomic E-state index is -0.518. The molecule has 0 unspecified atom stereocenters. The molecule has 0 aliphatic carbocycles. The topological polar surface area (TPSA) is 94.5 Å². The summed E-state index contributed by atoms with van der Waals surface area (Å²) in [4.78, 5) is 17.7. The Kier molecular flexibility index (Phi) is 4.21. The van der Waals surface area contributed by atoms with Crippen LogP contribution in [0.4, 0.5) is 11.5 Å². The second-order valence-electron chi connectivity index (χ2n) is 4.88. The molecule has 4 N–H and O–H groups in total. The van der Waals surface area contributed by atoms with Crippen LogP contribution in [-0.2, 0) is 4.74 Å². The van der Waals surface area contributed by atoms with Crippen LogP contribution in [0.15, 0.2) is 12.3 Å². The van der Waals surface area contributed by atoms with Crippen molar-refractivity contribution in [3.05, 3.63) is 17.8 Å². The SMILES string of the molecule is COCC1CCN(c2cc(C(N)=O)c(N)cn2)CC1. The highest BCUT2D eigenvalue weighted by Gasteiger charge is 2.21. The van der Waals surface area contributed by atoms with Gasteiger partial charge in [0.2, 0.25) is 0 Å². The minimum Gasteiger partial charge on any atom is -0.397 e. The number of aromatic nitrogens is 1. The molecule has 1 saturated heterocycles. The van der Waals surface area contributed by atoms with E-state index in [4.69, 9.17) is 16.2 Å². The zero-order chi connectivity index (χ0) is 13.8. The summed E-state index contributed by atoms with van der Waals surface area (Å²) in [5, 5.41) is 0. The van der Waals surface area contributed by atoms with E-state index in [-0.39, 0.29) is 0 Å². The number of hydrogen-bond acceptors (Lipinski definition) is 5. The molecule has 104 valence electrons. The quantitative estimate of drug-likeness (QED) is 0.831. The number of amides is 1. The lowest BCUT2D eigenvalue weighted by Crippen LogP contribution is -2.35. The first-order valence-electron chi connectivity index (χ1n) is 6.41. The van der Waals surface area contributed by atoms with Crippen LogP contribution < -0.4 is 16.4 Å². The Morgan fingerprint density at radius 1 is 1.53 bits per heavy atom. The zero-order valence-electron chi connectivity index (χ0n) is 11.1. The Morgan fingerprint density at radius 3 is 2.79 bits per heavy atom. The lowest BCUT2D eigenvalue weighted by molar-refractivity contribution is 0.100. The number of nitrogen functional groups attached to an aromatic ring is 1. The van der Waals surface area contributed by atoms with E-state index < -0.39 is 5.91 Å². The standard InChI is InChI=1S/C13H20N4O2/c1-19-8-9-2-4-17(5-3-9)12-6-10(13(15)18)11(14)7-16-12/h6-7,9H,2-5,8,14H2,1H3,(H2,15,18). The largest absolute Gasteiger partial charge is 0.397 e. The summed E-state index contributed by atoms with van der Waals surface area (Å²) in [7, 11) is 1.73. The fourth-order valence-electron chi connectivity index (χ4n) is 2.41. The van der Waals surface area contributed by atoms with Crippen LogP contribution in [0, 0.1) is 5.92 Å². The summed E-state index contributed by atoms with van der Waals surface area (Å²) < 4.78 is 5.18. The van der Waals surface area contributed by atoms with Gasteiger partial charge in [-0.3, -0.25) is 4.79 Å². The Hall–Kier alpha value is -1.82. The molecule has 1 aliphatic heterocycles. The monoisotopic (exact) mass is 264 g/mol. The van der Waals surface area contributed by atoms with Gasteiger partial charge in [0, 0.05) is 26.8 Å². The number of primary amides is 1. The van der Waals surface area contributed by atoms with Crippen LogP contribution in [-0.4, -0.2) is 37.7 Å². The maximum atomic E-state index is 11.3. The van der Waals surface area contributed by atoms with E-state index in [9.17, 15) is 4.79 Å². The second kappa shape index (κ2) is 5.88. The molecule has 0 atom stereocenters. The first-order chi connectivity index (χ1) is 9.11. The number of piperidine rings is 1. The number of ether oxygens (including phenoxy) is 1. The van der Waals surface area contributed by atoms with E-state index in [1.807, 2.05) is 0 Å². The van der Waals surface area contributed by atoms with Crippen LogP contribution in [0.3, 0.4) is 0 Å². The average Bonchev–Trinajstić information content (AvgIpc) is 2.40. The molecule has 0 spiro atoms. The van der Waals surface area contributed by atoms with Gasteiger partial charge >= 0.3 is 0 Å². The third-order valence-corrected chi connectivity index (χ3v) is 3.53. The van der Waals surface area contributed by atoms with E-state index in [2.05, 4.69) is 9.88 Å². The number of carbonyl (C=O) groups excluding carboxylic acids is 1. The van der Waals surface area contributed by atoms with E-state index in [1.165, 1.54) is 6.20 Å². The predicted octanol–water partition coefficient (Wildman–Crippen LogP) is 0.626. The van der Waals surface area contributed by atoms with Crippen molar-refractivity contribution in [1.29, 1.82) is 0 Å². The van der Waals surface area contributed by atoms with Gasteiger partial charge in [0.05, 0.1) is 17.4 Å². The van der Waals surface area contributed by atoms with Crippen molar-refractivity contribution in [3.8, 4) is 0 Å². The average molecular weight is 264 g/mol. The summed E-state index contributed by atoms with van der Waals surface area (Å²) in [6.07, 6.45) is 3.62. The number of carbonyl (C=O) groups is 1.